The molecule has 152 valence electrons. The predicted octanol–water partition coefficient (Wildman–Crippen LogP) is 5.31. The van der Waals surface area contributed by atoms with Gasteiger partial charge in [-0.1, -0.05) is 42.1 Å². The number of halogens is 1. The van der Waals surface area contributed by atoms with Crippen LogP contribution in [-0.4, -0.2) is 21.9 Å². The normalized spacial score (nSPS) is 11.0. The van der Waals surface area contributed by atoms with Crippen LogP contribution in [0.5, 0.6) is 5.75 Å². The first-order chi connectivity index (χ1) is 14.5. The van der Waals surface area contributed by atoms with Crippen molar-refractivity contribution in [1.82, 2.24) is 9.55 Å². The minimum atomic E-state index is -0.297. The topological polar surface area (TPSA) is 44.1 Å². The Morgan fingerprint density at radius 1 is 0.967 bits per heavy atom. The quantitative estimate of drug-likeness (QED) is 0.241. The molecule has 0 saturated heterocycles. The molecule has 0 aliphatic heterocycles. The highest BCUT2D eigenvalue weighted by Crippen LogP contribution is 2.25. The number of hydrogen-bond donors (Lipinski definition) is 0. The lowest BCUT2D eigenvalue weighted by Gasteiger charge is -2.17. The van der Waals surface area contributed by atoms with Gasteiger partial charge < -0.3 is 4.74 Å². The van der Waals surface area contributed by atoms with Crippen molar-refractivity contribution in [2.24, 2.45) is 0 Å². The molecule has 1 aromatic heterocycles. The monoisotopic (exact) mass is 420 g/mol. The minimum Gasteiger partial charge on any atom is -0.493 e. The Balaban J connectivity index is 1.67. The Hall–Kier alpha value is -3.12. The Morgan fingerprint density at radius 3 is 2.40 bits per heavy atom. The predicted molar refractivity (Wildman–Crippen MR) is 119 cm³/mol. The first-order valence-corrected chi connectivity index (χ1v) is 10.6. The van der Waals surface area contributed by atoms with Gasteiger partial charge in [0.1, 0.15) is 11.6 Å². The van der Waals surface area contributed by atoms with Crippen molar-refractivity contribution in [2.75, 3.05) is 12.4 Å². The third kappa shape index (κ3) is 4.09. The molecule has 6 heteroatoms. The first-order valence-electron chi connectivity index (χ1n) is 9.64. The number of thioether (sulfide) groups is 1. The zero-order valence-corrected chi connectivity index (χ0v) is 17.6. The van der Waals surface area contributed by atoms with E-state index in [9.17, 15) is 9.18 Å². The van der Waals surface area contributed by atoms with Crippen LogP contribution >= 0.6 is 11.8 Å². The summed E-state index contributed by atoms with van der Waals surface area (Å²) in [5, 5.41) is 1.21. The summed E-state index contributed by atoms with van der Waals surface area (Å²) < 4.78 is 20.4. The van der Waals surface area contributed by atoms with Crippen molar-refractivity contribution in [1.29, 1.82) is 0 Å². The van der Waals surface area contributed by atoms with E-state index >= 15 is 0 Å². The number of aromatic nitrogens is 2. The Bertz CT molecular complexity index is 1230. The Labute approximate surface area is 178 Å². The van der Waals surface area contributed by atoms with Crippen LogP contribution in [0.1, 0.15) is 11.1 Å². The maximum absolute atomic E-state index is 13.4. The van der Waals surface area contributed by atoms with E-state index in [2.05, 4.69) is 0 Å². The number of hydrogen-bond acceptors (Lipinski definition) is 4. The molecule has 30 heavy (non-hydrogen) atoms. The lowest BCUT2D eigenvalue weighted by Crippen LogP contribution is -2.23. The fraction of sp³-hybridized carbons (Fsp3) is 0.167. The number of para-hydroxylation sites is 2. The molecule has 0 aliphatic carbocycles. The van der Waals surface area contributed by atoms with Crippen LogP contribution < -0.4 is 10.3 Å². The highest BCUT2D eigenvalue weighted by Gasteiger charge is 2.16. The fourth-order valence-electron chi connectivity index (χ4n) is 3.39. The Morgan fingerprint density at radius 2 is 1.67 bits per heavy atom. The molecule has 0 amide bonds. The van der Waals surface area contributed by atoms with Crippen LogP contribution in [0.4, 0.5) is 4.39 Å². The third-order valence-corrected chi connectivity index (χ3v) is 5.71. The van der Waals surface area contributed by atoms with Gasteiger partial charge in [0.15, 0.2) is 5.16 Å². The largest absolute Gasteiger partial charge is 0.493 e. The van der Waals surface area contributed by atoms with Gasteiger partial charge >= 0.3 is 0 Å². The van der Waals surface area contributed by atoms with Crippen molar-refractivity contribution in [3.05, 3.63) is 94.0 Å². The molecule has 0 atom stereocenters. The van der Waals surface area contributed by atoms with Crippen LogP contribution in [0.15, 0.2) is 76.7 Å². The van der Waals surface area contributed by atoms with E-state index in [0.717, 1.165) is 16.8 Å². The van der Waals surface area contributed by atoms with Crippen LogP contribution in [-0.2, 0) is 0 Å². The summed E-state index contributed by atoms with van der Waals surface area (Å²) in [6.07, 6.45) is 0. The number of nitrogens with zero attached hydrogens (tertiary/aromatic N) is 2. The van der Waals surface area contributed by atoms with Crippen molar-refractivity contribution in [3.8, 4) is 11.4 Å². The van der Waals surface area contributed by atoms with E-state index < -0.39 is 0 Å². The summed E-state index contributed by atoms with van der Waals surface area (Å²) in [6.45, 7) is 4.40. The summed E-state index contributed by atoms with van der Waals surface area (Å²) >= 11 is 1.46. The van der Waals surface area contributed by atoms with Gasteiger partial charge in [-0.2, -0.15) is 0 Å². The smallest absolute Gasteiger partial charge is 0.266 e. The molecule has 4 nitrogen and oxygen atoms in total. The van der Waals surface area contributed by atoms with Crippen molar-refractivity contribution >= 4 is 22.7 Å². The molecule has 0 aliphatic rings. The molecule has 0 N–H and O–H groups in total. The summed E-state index contributed by atoms with van der Waals surface area (Å²) in [4.78, 5) is 18.2. The molecule has 4 rings (SSSR count). The SMILES string of the molecule is Cc1cccc(C)c1-n1c(SCCOc2ccc(F)cc2)nc2ccccc2c1=O. The Kier molecular flexibility index (Phi) is 5.86. The van der Waals surface area contributed by atoms with Gasteiger partial charge in [-0.25, -0.2) is 9.37 Å². The highest BCUT2D eigenvalue weighted by atomic mass is 32.2. The second kappa shape index (κ2) is 8.71. The van der Waals surface area contributed by atoms with Gasteiger partial charge in [-0.3, -0.25) is 9.36 Å². The van der Waals surface area contributed by atoms with Gasteiger partial charge in [0.05, 0.1) is 23.2 Å². The molecular weight excluding hydrogens is 399 g/mol. The third-order valence-electron chi connectivity index (χ3n) is 4.80. The average Bonchev–Trinajstić information content (AvgIpc) is 2.74. The zero-order chi connectivity index (χ0) is 21.1. The van der Waals surface area contributed by atoms with E-state index in [4.69, 9.17) is 9.72 Å². The van der Waals surface area contributed by atoms with Gasteiger partial charge in [-0.15, -0.1) is 0 Å². The summed E-state index contributed by atoms with van der Waals surface area (Å²) in [7, 11) is 0. The minimum absolute atomic E-state index is 0.0834. The average molecular weight is 421 g/mol. The zero-order valence-electron chi connectivity index (χ0n) is 16.8. The van der Waals surface area contributed by atoms with Gasteiger partial charge in [0, 0.05) is 5.75 Å². The van der Waals surface area contributed by atoms with Crippen LogP contribution in [0.25, 0.3) is 16.6 Å². The van der Waals surface area contributed by atoms with E-state index in [1.165, 1.54) is 23.9 Å². The number of rotatable bonds is 6. The van der Waals surface area contributed by atoms with Crippen molar-refractivity contribution in [3.63, 3.8) is 0 Å². The number of benzene rings is 3. The van der Waals surface area contributed by atoms with E-state index in [0.29, 0.717) is 34.2 Å². The highest BCUT2D eigenvalue weighted by molar-refractivity contribution is 7.99. The second-order valence-corrected chi connectivity index (χ2v) is 8.01. The van der Waals surface area contributed by atoms with Gasteiger partial charge in [-0.05, 0) is 61.4 Å². The summed E-state index contributed by atoms with van der Waals surface area (Å²) in [5.41, 5.74) is 3.48. The molecule has 0 bridgehead atoms. The molecule has 0 radical (unpaired) electrons. The van der Waals surface area contributed by atoms with Gasteiger partial charge in [0.25, 0.3) is 5.56 Å². The second-order valence-electron chi connectivity index (χ2n) is 6.94. The maximum atomic E-state index is 13.4. The number of ether oxygens (including phenoxy) is 1. The lowest BCUT2D eigenvalue weighted by molar-refractivity contribution is 0.343. The molecule has 0 spiro atoms. The first kappa shape index (κ1) is 20.2. The molecular formula is C24H21FN2O2S. The van der Waals surface area contributed by atoms with Crippen molar-refractivity contribution in [2.45, 2.75) is 19.0 Å². The standard InChI is InChI=1S/C24H21FN2O2S/c1-16-6-5-7-17(2)22(16)27-23(28)20-8-3-4-9-21(20)26-24(27)30-15-14-29-19-12-10-18(25)11-13-19/h3-13H,14-15H2,1-2H3. The molecule has 0 saturated carbocycles. The molecule has 0 fully saturated rings. The van der Waals surface area contributed by atoms with Crippen molar-refractivity contribution < 1.29 is 9.13 Å². The van der Waals surface area contributed by atoms with Gasteiger partial charge in [0.2, 0.25) is 0 Å². The van der Waals surface area contributed by atoms with E-state index in [1.807, 2.05) is 50.2 Å². The van der Waals surface area contributed by atoms with E-state index in [1.54, 1.807) is 22.8 Å². The van der Waals surface area contributed by atoms with E-state index in [-0.39, 0.29) is 11.4 Å². The summed E-state index contributed by atoms with van der Waals surface area (Å²) in [6, 6.07) is 19.3. The molecule has 4 aromatic rings. The number of aryl methyl sites for hydroxylation is 2. The fourth-order valence-corrected chi connectivity index (χ4v) is 4.20. The van der Waals surface area contributed by atoms with Crippen LogP contribution in [0.3, 0.4) is 0 Å². The molecule has 1 heterocycles. The maximum Gasteiger partial charge on any atom is 0.266 e. The van der Waals surface area contributed by atoms with Crippen LogP contribution in [0.2, 0.25) is 0 Å². The molecule has 0 unspecified atom stereocenters. The summed E-state index contributed by atoms with van der Waals surface area (Å²) in [5.74, 6) is 0.901. The number of fused-ring (bicyclic) bond motifs is 1. The van der Waals surface area contributed by atoms with Crippen LogP contribution in [0, 0.1) is 19.7 Å². The molecule has 3 aromatic carbocycles. The lowest BCUT2D eigenvalue weighted by atomic mass is 10.1.